The van der Waals surface area contributed by atoms with Crippen LogP contribution < -0.4 is 4.89 Å². The van der Waals surface area contributed by atoms with Gasteiger partial charge in [-0.2, -0.15) is 4.89 Å². The Morgan fingerprint density at radius 1 is 1.57 bits per heavy atom. The summed E-state index contributed by atoms with van der Waals surface area (Å²) in [6, 6.07) is 1.80. The minimum absolute atomic E-state index is 0.214. The third kappa shape index (κ3) is 3.22. The van der Waals surface area contributed by atoms with E-state index in [1.807, 2.05) is 0 Å². The van der Waals surface area contributed by atoms with Crippen LogP contribution in [0.4, 0.5) is 0 Å². The summed E-state index contributed by atoms with van der Waals surface area (Å²) in [6.45, 7) is 1.60. The van der Waals surface area contributed by atoms with E-state index in [0.717, 1.165) is 18.5 Å². The minimum Gasteiger partial charge on any atom is -0.362 e. The van der Waals surface area contributed by atoms with Crippen molar-refractivity contribution >= 4 is 5.78 Å². The first kappa shape index (κ1) is 10.8. The van der Waals surface area contributed by atoms with E-state index in [1.54, 1.807) is 19.2 Å². The van der Waals surface area contributed by atoms with Crippen LogP contribution in [-0.4, -0.2) is 17.9 Å². The third-order valence-electron chi connectivity index (χ3n) is 1.92. The number of hydrogen-bond acceptors (Lipinski definition) is 3. The van der Waals surface area contributed by atoms with Gasteiger partial charge in [0.05, 0.1) is 12.8 Å². The molecule has 0 fully saturated rings. The number of carbonyl (C=O) groups excluding carboxylic acids is 1. The second-order valence-electron chi connectivity index (χ2n) is 3.13. The van der Waals surface area contributed by atoms with Crippen LogP contribution >= 0.6 is 0 Å². The first-order chi connectivity index (χ1) is 6.74. The summed E-state index contributed by atoms with van der Waals surface area (Å²) >= 11 is 0. The van der Waals surface area contributed by atoms with Gasteiger partial charge in [0.2, 0.25) is 0 Å². The molecule has 0 atom stereocenters. The van der Waals surface area contributed by atoms with Crippen LogP contribution in [-0.2, 0) is 16.1 Å². The van der Waals surface area contributed by atoms with Gasteiger partial charge in [0, 0.05) is 18.7 Å². The summed E-state index contributed by atoms with van der Waals surface area (Å²) in [4.78, 5) is 23.3. The number of aromatic nitrogens is 1. The summed E-state index contributed by atoms with van der Waals surface area (Å²) in [5.74, 6) is 0.904. The molecule has 0 aliphatic carbocycles. The highest BCUT2D eigenvalue weighted by Crippen LogP contribution is 2.18. The first-order valence-electron chi connectivity index (χ1n) is 4.60. The normalized spacial score (nSPS) is 10.1. The molecule has 0 radical (unpaired) electrons. The molecular formula is C10H15NO3. The zero-order valence-corrected chi connectivity index (χ0v) is 8.50. The standard InChI is InChI=1S/C10H15NO3/c1-8(12)4-3-5-9-10(14-13-2)6-7-11-9/h6-7,11H,3-5H2,1-2H3. The molecule has 1 N–H and O–H groups in total. The largest absolute Gasteiger partial charge is 0.362 e. The van der Waals surface area contributed by atoms with Gasteiger partial charge in [-0.3, -0.25) is 0 Å². The summed E-state index contributed by atoms with van der Waals surface area (Å²) < 4.78 is 0. The number of Topliss-reactive ketones (excluding diaryl/α,β-unsaturated/α-hetero) is 1. The van der Waals surface area contributed by atoms with E-state index in [-0.39, 0.29) is 5.78 Å². The van der Waals surface area contributed by atoms with Crippen LogP contribution in [0.1, 0.15) is 25.5 Å². The van der Waals surface area contributed by atoms with Crippen molar-refractivity contribution in [2.75, 3.05) is 7.11 Å². The second kappa shape index (κ2) is 5.44. The molecule has 0 aliphatic rings. The SMILES string of the molecule is COOc1cc[nH]c1CCCC(C)=O. The molecule has 1 rings (SSSR count). The van der Waals surface area contributed by atoms with Gasteiger partial charge in [-0.1, -0.05) is 0 Å². The molecule has 1 aromatic rings. The zero-order chi connectivity index (χ0) is 10.4. The van der Waals surface area contributed by atoms with Crippen molar-refractivity contribution in [1.82, 2.24) is 4.98 Å². The number of carbonyl (C=O) groups is 1. The fraction of sp³-hybridized carbons (Fsp3) is 0.500. The maximum atomic E-state index is 10.7. The second-order valence-corrected chi connectivity index (χ2v) is 3.13. The molecule has 0 aromatic carbocycles. The molecule has 0 amide bonds. The number of aromatic amines is 1. The minimum atomic E-state index is 0.214. The van der Waals surface area contributed by atoms with E-state index >= 15 is 0 Å². The fourth-order valence-corrected chi connectivity index (χ4v) is 1.27. The summed E-state index contributed by atoms with van der Waals surface area (Å²) in [7, 11) is 1.46. The van der Waals surface area contributed by atoms with Gasteiger partial charge in [-0.15, -0.1) is 0 Å². The van der Waals surface area contributed by atoms with Crippen LogP contribution in [0, 0.1) is 0 Å². The summed E-state index contributed by atoms with van der Waals surface area (Å²) in [5, 5.41) is 0. The van der Waals surface area contributed by atoms with Crippen molar-refractivity contribution in [3.05, 3.63) is 18.0 Å². The molecular weight excluding hydrogens is 182 g/mol. The van der Waals surface area contributed by atoms with E-state index in [2.05, 4.69) is 9.87 Å². The highest BCUT2D eigenvalue weighted by Gasteiger charge is 2.05. The van der Waals surface area contributed by atoms with Crippen molar-refractivity contribution in [3.8, 4) is 5.75 Å². The average Bonchev–Trinajstić information content (AvgIpc) is 2.53. The average molecular weight is 197 g/mol. The maximum absolute atomic E-state index is 10.7. The Balaban J connectivity index is 2.41. The molecule has 0 spiro atoms. The monoisotopic (exact) mass is 197 g/mol. The lowest BCUT2D eigenvalue weighted by atomic mass is 10.1. The van der Waals surface area contributed by atoms with Gasteiger partial charge < -0.3 is 14.7 Å². The van der Waals surface area contributed by atoms with Crippen molar-refractivity contribution in [1.29, 1.82) is 0 Å². The maximum Gasteiger partial charge on any atom is 0.185 e. The van der Waals surface area contributed by atoms with Crippen LogP contribution in [0.5, 0.6) is 5.75 Å². The number of ketones is 1. The summed E-state index contributed by atoms with van der Waals surface area (Å²) in [5.41, 5.74) is 0.966. The predicted octanol–water partition coefficient (Wildman–Crippen LogP) is 1.87. The Hall–Kier alpha value is -1.29. The molecule has 0 bridgehead atoms. The van der Waals surface area contributed by atoms with E-state index in [9.17, 15) is 4.79 Å². The molecule has 4 heteroatoms. The number of hydrogen-bond donors (Lipinski definition) is 1. The van der Waals surface area contributed by atoms with Gasteiger partial charge in [-0.25, -0.2) is 0 Å². The van der Waals surface area contributed by atoms with E-state index in [1.165, 1.54) is 7.11 Å². The smallest absolute Gasteiger partial charge is 0.185 e. The molecule has 14 heavy (non-hydrogen) atoms. The van der Waals surface area contributed by atoms with Crippen LogP contribution in [0.3, 0.4) is 0 Å². The lowest BCUT2D eigenvalue weighted by Crippen LogP contribution is -1.96. The molecule has 0 unspecified atom stereocenters. The van der Waals surface area contributed by atoms with Gasteiger partial charge >= 0.3 is 0 Å². The Morgan fingerprint density at radius 2 is 2.36 bits per heavy atom. The van der Waals surface area contributed by atoms with Crippen molar-refractivity contribution in [3.63, 3.8) is 0 Å². The lowest BCUT2D eigenvalue weighted by Gasteiger charge is -2.02. The predicted molar refractivity (Wildman–Crippen MR) is 52.0 cm³/mol. The van der Waals surface area contributed by atoms with Crippen LogP contribution in [0.15, 0.2) is 12.3 Å². The van der Waals surface area contributed by atoms with Crippen molar-refractivity contribution < 1.29 is 14.6 Å². The molecule has 78 valence electrons. The first-order valence-corrected chi connectivity index (χ1v) is 4.60. The van der Waals surface area contributed by atoms with Gasteiger partial charge in [-0.05, 0) is 19.8 Å². The molecule has 0 saturated heterocycles. The molecule has 1 heterocycles. The molecule has 0 saturated carbocycles. The molecule has 0 aliphatic heterocycles. The van der Waals surface area contributed by atoms with Crippen molar-refractivity contribution in [2.24, 2.45) is 0 Å². The van der Waals surface area contributed by atoms with Crippen LogP contribution in [0.2, 0.25) is 0 Å². The van der Waals surface area contributed by atoms with Crippen molar-refractivity contribution in [2.45, 2.75) is 26.2 Å². The summed E-state index contributed by atoms with van der Waals surface area (Å²) in [6.07, 6.45) is 4.02. The highest BCUT2D eigenvalue weighted by molar-refractivity contribution is 5.75. The fourth-order valence-electron chi connectivity index (χ4n) is 1.27. The number of rotatable bonds is 6. The molecule has 4 nitrogen and oxygen atoms in total. The number of H-pyrrole nitrogens is 1. The van der Waals surface area contributed by atoms with Gasteiger partial charge in [0.1, 0.15) is 5.78 Å². The Kier molecular flexibility index (Phi) is 4.19. The van der Waals surface area contributed by atoms with Gasteiger partial charge in [0.25, 0.3) is 0 Å². The molecule has 1 aromatic heterocycles. The Morgan fingerprint density at radius 3 is 3.00 bits per heavy atom. The Bertz CT molecular complexity index is 293. The lowest BCUT2D eigenvalue weighted by molar-refractivity contribution is -0.178. The highest BCUT2D eigenvalue weighted by atomic mass is 17.2. The number of aryl methyl sites for hydroxylation is 1. The van der Waals surface area contributed by atoms with E-state index in [4.69, 9.17) is 4.89 Å². The van der Waals surface area contributed by atoms with E-state index < -0.39 is 0 Å². The van der Waals surface area contributed by atoms with E-state index in [0.29, 0.717) is 12.2 Å². The Labute approximate surface area is 83.1 Å². The van der Waals surface area contributed by atoms with Gasteiger partial charge in [0.15, 0.2) is 5.75 Å². The number of nitrogens with one attached hydrogen (secondary N) is 1. The quantitative estimate of drug-likeness (QED) is 0.559. The zero-order valence-electron chi connectivity index (χ0n) is 8.50. The topological polar surface area (TPSA) is 51.3 Å². The third-order valence-corrected chi connectivity index (χ3v) is 1.92. The van der Waals surface area contributed by atoms with Crippen LogP contribution in [0.25, 0.3) is 0 Å².